The normalized spacial score (nSPS) is 16.2. The summed E-state index contributed by atoms with van der Waals surface area (Å²) in [4.78, 5) is 26.6. The second-order valence-electron chi connectivity index (χ2n) is 6.42. The molecule has 0 saturated carbocycles. The van der Waals surface area contributed by atoms with Crippen LogP contribution >= 0.6 is 0 Å². The van der Waals surface area contributed by atoms with E-state index in [-0.39, 0.29) is 24.3 Å². The fourth-order valence-electron chi connectivity index (χ4n) is 3.03. The number of amides is 2. The maximum Gasteiger partial charge on any atom is 0.236 e. The van der Waals surface area contributed by atoms with Gasteiger partial charge in [-0.2, -0.15) is 0 Å². The smallest absolute Gasteiger partial charge is 0.236 e. The third kappa shape index (κ3) is 5.17. The number of anilines is 1. The molecule has 2 aromatic carbocycles. The summed E-state index contributed by atoms with van der Waals surface area (Å²) in [6.45, 7) is 1.65. The third-order valence-corrected chi connectivity index (χ3v) is 4.42. The first kappa shape index (κ1) is 18.1. The van der Waals surface area contributed by atoms with E-state index in [0.717, 1.165) is 30.7 Å². The van der Waals surface area contributed by atoms with Crippen LogP contribution in [0.5, 0.6) is 0 Å². The van der Waals surface area contributed by atoms with Crippen LogP contribution in [0.25, 0.3) is 0 Å². The Labute approximate surface area is 154 Å². The van der Waals surface area contributed by atoms with E-state index >= 15 is 0 Å². The van der Waals surface area contributed by atoms with Gasteiger partial charge in [-0.1, -0.05) is 48.5 Å². The predicted molar refractivity (Wildman–Crippen MR) is 101 cm³/mol. The van der Waals surface area contributed by atoms with Gasteiger partial charge in [0.1, 0.15) is 6.42 Å². The first-order valence-corrected chi connectivity index (χ1v) is 9.00. The van der Waals surface area contributed by atoms with Gasteiger partial charge in [0.15, 0.2) is 0 Å². The van der Waals surface area contributed by atoms with E-state index in [0.29, 0.717) is 13.1 Å². The van der Waals surface area contributed by atoms with Crippen LogP contribution in [0.1, 0.15) is 24.8 Å². The summed E-state index contributed by atoms with van der Waals surface area (Å²) in [5.74, 6) is -0.482. The van der Waals surface area contributed by atoms with Crippen molar-refractivity contribution in [2.75, 3.05) is 18.1 Å². The molecule has 0 radical (unpaired) electrons. The van der Waals surface area contributed by atoms with Crippen molar-refractivity contribution in [3.63, 3.8) is 0 Å². The van der Waals surface area contributed by atoms with Crippen molar-refractivity contribution >= 4 is 17.5 Å². The van der Waals surface area contributed by atoms with Crippen LogP contribution in [-0.4, -0.2) is 31.1 Å². The lowest BCUT2D eigenvalue weighted by Crippen LogP contribution is -2.37. The molecule has 0 spiro atoms. The third-order valence-electron chi connectivity index (χ3n) is 4.42. The highest BCUT2D eigenvalue weighted by Gasteiger charge is 2.21. The lowest BCUT2D eigenvalue weighted by atomic mass is 10.1. The molecule has 3 rings (SSSR count). The molecule has 0 aromatic heterocycles. The lowest BCUT2D eigenvalue weighted by molar-refractivity contribution is -0.128. The number of carbonyl (C=O) groups excluding carboxylic acids is 2. The number of carbonyl (C=O) groups is 2. The maximum absolute atomic E-state index is 12.8. The molecule has 1 fully saturated rings. The SMILES string of the molecule is O=C(CC(=O)N(Cc1ccccc1)c1ccccc1)NCC1CCCO1. The summed E-state index contributed by atoms with van der Waals surface area (Å²) in [6, 6.07) is 19.2. The number of benzene rings is 2. The highest BCUT2D eigenvalue weighted by atomic mass is 16.5. The summed E-state index contributed by atoms with van der Waals surface area (Å²) in [5, 5.41) is 2.81. The molecule has 1 aliphatic heterocycles. The summed E-state index contributed by atoms with van der Waals surface area (Å²) in [5.41, 5.74) is 1.80. The van der Waals surface area contributed by atoms with Crippen LogP contribution in [0.4, 0.5) is 5.69 Å². The number of hydrogen-bond acceptors (Lipinski definition) is 3. The molecule has 1 N–H and O–H groups in total. The number of para-hydroxylation sites is 1. The van der Waals surface area contributed by atoms with Gasteiger partial charge in [0, 0.05) is 18.8 Å². The van der Waals surface area contributed by atoms with Crippen molar-refractivity contribution in [1.29, 1.82) is 0 Å². The number of nitrogens with zero attached hydrogens (tertiary/aromatic N) is 1. The van der Waals surface area contributed by atoms with Crippen LogP contribution in [0.3, 0.4) is 0 Å². The minimum absolute atomic E-state index is 0.0728. The van der Waals surface area contributed by atoms with E-state index in [1.165, 1.54) is 0 Å². The number of hydrogen-bond donors (Lipinski definition) is 1. The second kappa shape index (κ2) is 9.15. The van der Waals surface area contributed by atoms with Gasteiger partial charge < -0.3 is 15.0 Å². The minimum Gasteiger partial charge on any atom is -0.376 e. The number of rotatable bonds is 7. The van der Waals surface area contributed by atoms with E-state index in [9.17, 15) is 9.59 Å². The minimum atomic E-state index is -0.264. The highest BCUT2D eigenvalue weighted by molar-refractivity contribution is 6.04. The Morgan fingerprint density at radius 3 is 2.38 bits per heavy atom. The topological polar surface area (TPSA) is 58.6 Å². The van der Waals surface area contributed by atoms with Crippen LogP contribution in [0.15, 0.2) is 60.7 Å². The molecule has 1 unspecified atom stereocenters. The molecule has 1 atom stereocenters. The van der Waals surface area contributed by atoms with Crippen molar-refractivity contribution in [3.05, 3.63) is 66.2 Å². The summed E-state index contributed by atoms with van der Waals surface area (Å²) in [6.07, 6.45) is 1.88. The molecule has 136 valence electrons. The molecule has 0 aliphatic carbocycles. The van der Waals surface area contributed by atoms with Crippen LogP contribution in [-0.2, 0) is 20.9 Å². The van der Waals surface area contributed by atoms with Crippen LogP contribution in [0.2, 0.25) is 0 Å². The molecule has 5 heteroatoms. The van der Waals surface area contributed by atoms with Crippen molar-refractivity contribution in [2.45, 2.75) is 31.9 Å². The van der Waals surface area contributed by atoms with Crippen molar-refractivity contribution in [1.82, 2.24) is 5.32 Å². The van der Waals surface area contributed by atoms with E-state index in [4.69, 9.17) is 4.74 Å². The Kier molecular flexibility index (Phi) is 6.39. The monoisotopic (exact) mass is 352 g/mol. The van der Waals surface area contributed by atoms with Gasteiger partial charge in [-0.25, -0.2) is 0 Å². The molecule has 1 saturated heterocycles. The Bertz CT molecular complexity index is 713. The molecule has 1 aliphatic rings. The molecule has 26 heavy (non-hydrogen) atoms. The van der Waals surface area contributed by atoms with E-state index < -0.39 is 0 Å². The molecule has 2 amide bonds. The van der Waals surface area contributed by atoms with Crippen molar-refractivity contribution in [3.8, 4) is 0 Å². The first-order chi connectivity index (χ1) is 12.7. The van der Waals surface area contributed by atoms with E-state index in [1.54, 1.807) is 4.90 Å². The molecular weight excluding hydrogens is 328 g/mol. The van der Waals surface area contributed by atoms with Crippen LogP contribution < -0.4 is 10.2 Å². The number of nitrogens with one attached hydrogen (secondary N) is 1. The quantitative estimate of drug-likeness (QED) is 0.780. The fourth-order valence-corrected chi connectivity index (χ4v) is 3.03. The van der Waals surface area contributed by atoms with Gasteiger partial charge in [0.25, 0.3) is 0 Å². The molecule has 5 nitrogen and oxygen atoms in total. The summed E-state index contributed by atoms with van der Waals surface area (Å²) >= 11 is 0. The highest BCUT2D eigenvalue weighted by Crippen LogP contribution is 2.18. The van der Waals surface area contributed by atoms with E-state index in [2.05, 4.69) is 5.32 Å². The van der Waals surface area contributed by atoms with Gasteiger partial charge in [0.2, 0.25) is 11.8 Å². The zero-order valence-corrected chi connectivity index (χ0v) is 14.8. The Balaban J connectivity index is 1.63. The standard InChI is InChI=1S/C21H24N2O3/c24-20(22-15-19-12-7-13-26-19)14-21(25)23(18-10-5-2-6-11-18)16-17-8-3-1-4-9-17/h1-6,8-11,19H,7,12-16H2,(H,22,24). The van der Waals surface area contributed by atoms with Gasteiger partial charge in [0.05, 0.1) is 12.6 Å². The van der Waals surface area contributed by atoms with E-state index in [1.807, 2.05) is 60.7 Å². The van der Waals surface area contributed by atoms with Crippen LogP contribution in [0, 0.1) is 0 Å². The van der Waals surface area contributed by atoms with Gasteiger partial charge >= 0.3 is 0 Å². The fraction of sp³-hybridized carbons (Fsp3) is 0.333. The molecular formula is C21H24N2O3. The van der Waals surface area contributed by atoms with Gasteiger partial charge in [-0.15, -0.1) is 0 Å². The Morgan fingerprint density at radius 2 is 1.73 bits per heavy atom. The average Bonchev–Trinajstić information content (AvgIpc) is 3.19. The van der Waals surface area contributed by atoms with Crippen molar-refractivity contribution in [2.24, 2.45) is 0 Å². The van der Waals surface area contributed by atoms with Crippen molar-refractivity contribution < 1.29 is 14.3 Å². The average molecular weight is 352 g/mol. The lowest BCUT2D eigenvalue weighted by Gasteiger charge is -2.23. The largest absolute Gasteiger partial charge is 0.376 e. The Hall–Kier alpha value is -2.66. The Morgan fingerprint density at radius 1 is 1.04 bits per heavy atom. The second-order valence-corrected chi connectivity index (χ2v) is 6.42. The maximum atomic E-state index is 12.8. The number of ether oxygens (including phenoxy) is 1. The van der Waals surface area contributed by atoms with Gasteiger partial charge in [-0.3, -0.25) is 9.59 Å². The van der Waals surface area contributed by atoms with Gasteiger partial charge in [-0.05, 0) is 30.5 Å². The zero-order valence-electron chi connectivity index (χ0n) is 14.8. The molecule has 0 bridgehead atoms. The zero-order chi connectivity index (χ0) is 18.2. The predicted octanol–water partition coefficient (Wildman–Crippen LogP) is 2.91. The first-order valence-electron chi connectivity index (χ1n) is 9.00. The summed E-state index contributed by atoms with van der Waals surface area (Å²) in [7, 11) is 0. The summed E-state index contributed by atoms with van der Waals surface area (Å²) < 4.78 is 5.49. The molecule has 1 heterocycles. The molecule has 2 aromatic rings.